The minimum Gasteiger partial charge on any atom is -0.496 e. The smallest absolute Gasteiger partial charge is 0.302 e. The molecule has 0 aliphatic heterocycles. The number of fused-ring (bicyclic) bond motifs is 5. The van der Waals surface area contributed by atoms with Gasteiger partial charge >= 0.3 is 5.97 Å². The van der Waals surface area contributed by atoms with Crippen molar-refractivity contribution < 1.29 is 28.5 Å². The fraction of sp³-hybridized carbons (Fsp3) is 0.581. The van der Waals surface area contributed by atoms with Gasteiger partial charge in [-0.25, -0.2) is 0 Å². The number of esters is 1. The number of rotatable bonds is 7. The summed E-state index contributed by atoms with van der Waals surface area (Å²) in [5.74, 6) is 4.48. The predicted octanol–water partition coefficient (Wildman–Crippen LogP) is 6.10. The molecule has 0 aromatic heterocycles. The second kappa shape index (κ2) is 10.1. The first-order chi connectivity index (χ1) is 17.8. The van der Waals surface area contributed by atoms with E-state index in [-0.39, 0.29) is 17.5 Å². The minimum absolute atomic E-state index is 0.0591. The molecule has 2 aromatic carbocycles. The lowest BCUT2D eigenvalue weighted by atomic mass is 9.55. The molecule has 3 aliphatic rings. The summed E-state index contributed by atoms with van der Waals surface area (Å²) in [5, 5.41) is 0. The molecular weight excluding hydrogens is 468 g/mol. The molecule has 6 nitrogen and oxygen atoms in total. The molecule has 0 radical (unpaired) electrons. The summed E-state index contributed by atoms with van der Waals surface area (Å²) in [6.07, 6.45) is 7.42. The fourth-order valence-corrected chi connectivity index (χ4v) is 7.78. The van der Waals surface area contributed by atoms with Gasteiger partial charge in [-0.1, -0.05) is 13.0 Å². The van der Waals surface area contributed by atoms with Gasteiger partial charge in [0, 0.05) is 18.8 Å². The van der Waals surface area contributed by atoms with Crippen molar-refractivity contribution in [2.45, 2.75) is 70.8 Å². The molecular formula is C31H40O6. The van der Waals surface area contributed by atoms with E-state index in [1.54, 1.807) is 35.4 Å². The van der Waals surface area contributed by atoms with Crippen molar-refractivity contribution in [3.05, 3.63) is 46.5 Å². The third kappa shape index (κ3) is 4.42. The van der Waals surface area contributed by atoms with Gasteiger partial charge in [0.2, 0.25) is 5.75 Å². The molecule has 5 rings (SSSR count). The molecule has 200 valence electrons. The molecule has 0 bridgehead atoms. The Kier molecular flexibility index (Phi) is 7.03. The maximum absolute atomic E-state index is 11.8. The molecule has 2 aromatic rings. The van der Waals surface area contributed by atoms with Crippen molar-refractivity contribution in [2.24, 2.45) is 17.3 Å². The number of carbonyl (C=O) groups excluding carboxylic acids is 1. The van der Waals surface area contributed by atoms with Crippen LogP contribution >= 0.6 is 0 Å². The van der Waals surface area contributed by atoms with E-state index in [0.717, 1.165) is 43.4 Å². The second-order valence-corrected chi connectivity index (χ2v) is 11.2. The number of hydrogen-bond donors (Lipinski definition) is 0. The molecule has 0 spiro atoms. The van der Waals surface area contributed by atoms with Crippen molar-refractivity contribution in [2.75, 3.05) is 28.4 Å². The van der Waals surface area contributed by atoms with Gasteiger partial charge in [0.1, 0.15) is 11.9 Å². The Labute approximate surface area is 220 Å². The van der Waals surface area contributed by atoms with Gasteiger partial charge in [-0.15, -0.1) is 0 Å². The first kappa shape index (κ1) is 25.7. The highest BCUT2D eigenvalue weighted by Crippen LogP contribution is 2.61. The van der Waals surface area contributed by atoms with E-state index < -0.39 is 0 Å². The van der Waals surface area contributed by atoms with Gasteiger partial charge in [0.25, 0.3) is 0 Å². The monoisotopic (exact) mass is 508 g/mol. The number of methoxy groups -OCH3 is 4. The molecule has 0 amide bonds. The Balaban J connectivity index is 1.47. The molecule has 2 fully saturated rings. The summed E-state index contributed by atoms with van der Waals surface area (Å²) in [4.78, 5) is 11.8. The quantitative estimate of drug-likeness (QED) is 0.421. The third-order valence-corrected chi connectivity index (χ3v) is 9.47. The Morgan fingerprint density at radius 3 is 2.22 bits per heavy atom. The van der Waals surface area contributed by atoms with Crippen LogP contribution in [0.5, 0.6) is 23.0 Å². The molecule has 0 heterocycles. The van der Waals surface area contributed by atoms with Gasteiger partial charge in [0.05, 0.1) is 28.4 Å². The average Bonchev–Trinajstić information content (AvgIpc) is 3.22. The molecule has 2 saturated carbocycles. The molecule has 0 N–H and O–H groups in total. The van der Waals surface area contributed by atoms with Gasteiger partial charge in [0.15, 0.2) is 11.5 Å². The maximum atomic E-state index is 11.8. The highest BCUT2D eigenvalue weighted by Gasteiger charge is 2.56. The Hall–Kier alpha value is -2.89. The van der Waals surface area contributed by atoms with Gasteiger partial charge in [-0.3, -0.25) is 4.79 Å². The van der Waals surface area contributed by atoms with E-state index in [9.17, 15) is 4.79 Å². The summed E-state index contributed by atoms with van der Waals surface area (Å²) >= 11 is 0. The zero-order chi connectivity index (χ0) is 26.3. The molecule has 37 heavy (non-hydrogen) atoms. The molecule has 6 heteroatoms. The van der Waals surface area contributed by atoms with Crippen LogP contribution in [0.3, 0.4) is 0 Å². The minimum atomic E-state index is -0.147. The van der Waals surface area contributed by atoms with Crippen molar-refractivity contribution in [1.82, 2.24) is 0 Å². The Bertz CT molecular complexity index is 1150. The van der Waals surface area contributed by atoms with Crippen LogP contribution in [0.4, 0.5) is 0 Å². The van der Waals surface area contributed by atoms with Crippen LogP contribution in [0.15, 0.2) is 24.3 Å². The lowest BCUT2D eigenvalue weighted by Crippen LogP contribution is -2.45. The lowest BCUT2D eigenvalue weighted by Gasteiger charge is -2.50. The first-order valence-corrected chi connectivity index (χ1v) is 13.5. The first-order valence-electron chi connectivity index (χ1n) is 13.5. The van der Waals surface area contributed by atoms with E-state index in [0.29, 0.717) is 41.4 Å². The van der Waals surface area contributed by atoms with Crippen LogP contribution in [0.1, 0.15) is 74.1 Å². The lowest BCUT2D eigenvalue weighted by molar-refractivity contribution is -0.154. The fourth-order valence-electron chi connectivity index (χ4n) is 7.78. The topological polar surface area (TPSA) is 63.2 Å². The van der Waals surface area contributed by atoms with Gasteiger partial charge in [-0.2, -0.15) is 0 Å². The average molecular weight is 509 g/mol. The largest absolute Gasteiger partial charge is 0.496 e. The van der Waals surface area contributed by atoms with Crippen LogP contribution in [-0.2, 0) is 22.4 Å². The van der Waals surface area contributed by atoms with Crippen molar-refractivity contribution in [1.29, 1.82) is 0 Å². The number of carbonyl (C=O) groups is 1. The number of aryl methyl sites for hydroxylation is 1. The number of hydrogen-bond acceptors (Lipinski definition) is 6. The molecule has 3 aliphatic carbocycles. The van der Waals surface area contributed by atoms with Crippen LogP contribution < -0.4 is 18.9 Å². The molecule has 0 unspecified atom stereocenters. The molecule has 5 atom stereocenters. The second-order valence-electron chi connectivity index (χ2n) is 11.2. The van der Waals surface area contributed by atoms with E-state index in [1.807, 2.05) is 12.1 Å². The number of ether oxygens (including phenoxy) is 5. The zero-order valence-electron chi connectivity index (χ0n) is 23.0. The van der Waals surface area contributed by atoms with Crippen LogP contribution in [0, 0.1) is 17.3 Å². The summed E-state index contributed by atoms with van der Waals surface area (Å²) in [6.45, 7) is 3.91. The summed E-state index contributed by atoms with van der Waals surface area (Å²) < 4.78 is 28.4. The van der Waals surface area contributed by atoms with Gasteiger partial charge < -0.3 is 23.7 Å². The standard InChI is InChI=1S/C31H40O6/c1-18(32)37-29-10-9-25-23-8-7-20-17-26(33-3)21(16-24(20)22(23)11-12-31(25,29)2)13-19-14-27(34-4)30(36-6)28(15-19)35-5/h14-17,22-23,25,29H,7-13H2,1-6H3/t22-,23+,25-,29-,31-/m0/s1. The highest BCUT2D eigenvalue weighted by atomic mass is 16.5. The Morgan fingerprint density at radius 1 is 0.892 bits per heavy atom. The highest BCUT2D eigenvalue weighted by molar-refractivity contribution is 5.66. The van der Waals surface area contributed by atoms with Crippen LogP contribution in [0.25, 0.3) is 0 Å². The molecule has 0 saturated heterocycles. The zero-order valence-corrected chi connectivity index (χ0v) is 23.0. The Morgan fingerprint density at radius 2 is 1.59 bits per heavy atom. The van der Waals surface area contributed by atoms with E-state index in [2.05, 4.69) is 19.1 Å². The van der Waals surface area contributed by atoms with Crippen molar-refractivity contribution in [3.8, 4) is 23.0 Å². The van der Waals surface area contributed by atoms with E-state index in [1.165, 1.54) is 23.1 Å². The van der Waals surface area contributed by atoms with E-state index in [4.69, 9.17) is 23.7 Å². The number of benzene rings is 2. The third-order valence-electron chi connectivity index (χ3n) is 9.47. The normalized spacial score (nSPS) is 27.9. The summed E-state index contributed by atoms with van der Waals surface area (Å²) in [6, 6.07) is 8.70. The van der Waals surface area contributed by atoms with Crippen molar-refractivity contribution in [3.63, 3.8) is 0 Å². The maximum Gasteiger partial charge on any atom is 0.302 e. The summed E-state index contributed by atoms with van der Waals surface area (Å²) in [7, 11) is 6.67. The van der Waals surface area contributed by atoms with Gasteiger partial charge in [-0.05, 0) is 96.7 Å². The van der Waals surface area contributed by atoms with Crippen LogP contribution in [-0.4, -0.2) is 40.5 Å². The van der Waals surface area contributed by atoms with E-state index >= 15 is 0 Å². The SMILES string of the molecule is COc1cc2c(cc1Cc1cc(OC)c(OC)c(OC)c1)[C@H]1CC[C@]3(C)[C@@H](OC(C)=O)CC[C@H]3[C@@H]1CC2. The van der Waals surface area contributed by atoms with Crippen molar-refractivity contribution >= 4 is 5.97 Å². The van der Waals surface area contributed by atoms with Crippen LogP contribution in [0.2, 0.25) is 0 Å². The predicted molar refractivity (Wildman–Crippen MR) is 142 cm³/mol. The summed E-state index contributed by atoms with van der Waals surface area (Å²) in [5.41, 5.74) is 5.25.